The van der Waals surface area contributed by atoms with Crippen molar-refractivity contribution in [2.45, 2.75) is 13.5 Å². The number of methoxy groups -OCH3 is 1. The standard InChI is InChI=1S/C19H18N6O/c1-13-15(4-3-8-21-13)16-5-6-18(25-12-23-24-19(16)25)22-10-14-7-9-20-11-17(14)26-2/h3-9,11-12,22H,10H2,1-2H3. The predicted molar refractivity (Wildman–Crippen MR) is 99.1 cm³/mol. The summed E-state index contributed by atoms with van der Waals surface area (Å²) in [6.07, 6.45) is 6.95. The molecule has 1 N–H and O–H groups in total. The van der Waals surface area contributed by atoms with Gasteiger partial charge in [-0.05, 0) is 31.2 Å². The number of pyridine rings is 3. The Morgan fingerprint density at radius 3 is 2.88 bits per heavy atom. The molecule has 4 aromatic rings. The summed E-state index contributed by atoms with van der Waals surface area (Å²) in [5.74, 6) is 1.65. The molecule has 0 amide bonds. The maximum Gasteiger partial charge on any atom is 0.170 e. The number of ether oxygens (including phenoxy) is 1. The first-order valence-electron chi connectivity index (χ1n) is 8.23. The van der Waals surface area contributed by atoms with Crippen LogP contribution in [0.2, 0.25) is 0 Å². The average molecular weight is 346 g/mol. The van der Waals surface area contributed by atoms with Crippen molar-refractivity contribution in [3.63, 3.8) is 0 Å². The Morgan fingerprint density at radius 2 is 2.04 bits per heavy atom. The summed E-state index contributed by atoms with van der Waals surface area (Å²) in [5, 5.41) is 11.8. The molecule has 130 valence electrons. The minimum absolute atomic E-state index is 0.601. The van der Waals surface area contributed by atoms with E-state index in [1.807, 2.05) is 41.7 Å². The van der Waals surface area contributed by atoms with Crippen LogP contribution in [0.25, 0.3) is 16.8 Å². The lowest BCUT2D eigenvalue weighted by Gasteiger charge is -2.13. The Bertz CT molecular complexity index is 1060. The van der Waals surface area contributed by atoms with Crippen molar-refractivity contribution >= 4 is 11.5 Å². The van der Waals surface area contributed by atoms with Crippen LogP contribution in [0, 0.1) is 6.92 Å². The Labute approximate surface area is 150 Å². The van der Waals surface area contributed by atoms with Crippen molar-refractivity contribution in [2.75, 3.05) is 12.4 Å². The van der Waals surface area contributed by atoms with Gasteiger partial charge in [-0.25, -0.2) is 0 Å². The maximum atomic E-state index is 5.36. The molecule has 4 aromatic heterocycles. The molecule has 0 aliphatic carbocycles. The summed E-state index contributed by atoms with van der Waals surface area (Å²) >= 11 is 0. The van der Waals surface area contributed by atoms with E-state index in [2.05, 4.69) is 25.5 Å². The largest absolute Gasteiger partial charge is 0.495 e. The van der Waals surface area contributed by atoms with Crippen molar-refractivity contribution in [1.29, 1.82) is 0 Å². The first kappa shape index (κ1) is 16.0. The lowest BCUT2D eigenvalue weighted by molar-refractivity contribution is 0.408. The van der Waals surface area contributed by atoms with Crippen LogP contribution in [0.1, 0.15) is 11.3 Å². The highest BCUT2D eigenvalue weighted by molar-refractivity contribution is 5.80. The second-order valence-electron chi connectivity index (χ2n) is 5.83. The number of fused-ring (bicyclic) bond motifs is 1. The van der Waals surface area contributed by atoms with Crippen LogP contribution in [0.4, 0.5) is 5.82 Å². The number of anilines is 1. The molecule has 4 rings (SSSR count). The number of aryl methyl sites for hydroxylation is 1. The molecule has 0 unspecified atom stereocenters. The smallest absolute Gasteiger partial charge is 0.170 e. The van der Waals surface area contributed by atoms with Gasteiger partial charge < -0.3 is 10.1 Å². The molecule has 0 aliphatic rings. The van der Waals surface area contributed by atoms with Gasteiger partial charge in [-0.15, -0.1) is 10.2 Å². The minimum Gasteiger partial charge on any atom is -0.495 e. The first-order chi connectivity index (χ1) is 12.8. The van der Waals surface area contributed by atoms with Gasteiger partial charge in [0, 0.05) is 41.3 Å². The maximum absolute atomic E-state index is 5.36. The van der Waals surface area contributed by atoms with Gasteiger partial charge in [-0.3, -0.25) is 14.4 Å². The van der Waals surface area contributed by atoms with Crippen molar-refractivity contribution in [1.82, 2.24) is 24.6 Å². The van der Waals surface area contributed by atoms with Crippen molar-refractivity contribution < 1.29 is 4.74 Å². The summed E-state index contributed by atoms with van der Waals surface area (Å²) in [6, 6.07) is 9.97. The third kappa shape index (κ3) is 2.83. The Morgan fingerprint density at radius 1 is 1.12 bits per heavy atom. The lowest BCUT2D eigenvalue weighted by atomic mass is 10.1. The molecular weight excluding hydrogens is 328 g/mol. The highest BCUT2D eigenvalue weighted by atomic mass is 16.5. The van der Waals surface area contributed by atoms with E-state index >= 15 is 0 Å². The normalized spacial score (nSPS) is 10.8. The van der Waals surface area contributed by atoms with Gasteiger partial charge in [0.2, 0.25) is 0 Å². The molecule has 0 aliphatic heterocycles. The predicted octanol–water partition coefficient (Wildman–Crippen LogP) is 3.12. The van der Waals surface area contributed by atoms with E-state index in [0.717, 1.165) is 39.6 Å². The van der Waals surface area contributed by atoms with Crippen LogP contribution in [0.3, 0.4) is 0 Å². The van der Waals surface area contributed by atoms with Crippen molar-refractivity contribution in [2.24, 2.45) is 0 Å². The molecule has 0 saturated carbocycles. The molecule has 0 spiro atoms. The molecule has 0 aromatic carbocycles. The average Bonchev–Trinajstić information content (AvgIpc) is 3.17. The highest BCUT2D eigenvalue weighted by Crippen LogP contribution is 2.28. The Kier molecular flexibility index (Phi) is 4.18. The van der Waals surface area contributed by atoms with Crippen LogP contribution in [0.15, 0.2) is 55.2 Å². The number of aromatic nitrogens is 5. The highest BCUT2D eigenvalue weighted by Gasteiger charge is 2.12. The summed E-state index contributed by atoms with van der Waals surface area (Å²) in [4.78, 5) is 8.45. The van der Waals surface area contributed by atoms with Crippen LogP contribution < -0.4 is 10.1 Å². The van der Waals surface area contributed by atoms with Crippen LogP contribution in [-0.2, 0) is 6.54 Å². The van der Waals surface area contributed by atoms with E-state index in [9.17, 15) is 0 Å². The van der Waals surface area contributed by atoms with Crippen LogP contribution >= 0.6 is 0 Å². The minimum atomic E-state index is 0.601. The zero-order valence-electron chi connectivity index (χ0n) is 14.5. The van der Waals surface area contributed by atoms with Gasteiger partial charge in [0.1, 0.15) is 17.9 Å². The molecule has 7 heteroatoms. The zero-order chi connectivity index (χ0) is 17.9. The fourth-order valence-electron chi connectivity index (χ4n) is 2.96. The van der Waals surface area contributed by atoms with E-state index < -0.39 is 0 Å². The zero-order valence-corrected chi connectivity index (χ0v) is 14.5. The quantitative estimate of drug-likeness (QED) is 0.598. The second kappa shape index (κ2) is 6.79. The summed E-state index contributed by atoms with van der Waals surface area (Å²) in [6.45, 7) is 2.59. The van der Waals surface area contributed by atoms with Crippen molar-refractivity contribution in [3.8, 4) is 16.9 Å². The van der Waals surface area contributed by atoms with E-state index in [4.69, 9.17) is 4.74 Å². The molecular formula is C19H18N6O. The topological polar surface area (TPSA) is 77.2 Å². The van der Waals surface area contributed by atoms with Crippen LogP contribution in [0.5, 0.6) is 5.75 Å². The molecule has 0 bridgehead atoms. The second-order valence-corrected chi connectivity index (χ2v) is 5.83. The molecule has 0 radical (unpaired) electrons. The third-order valence-corrected chi connectivity index (χ3v) is 4.30. The van der Waals surface area contributed by atoms with Gasteiger partial charge >= 0.3 is 0 Å². The van der Waals surface area contributed by atoms with Gasteiger partial charge in [0.25, 0.3) is 0 Å². The van der Waals surface area contributed by atoms with Crippen LogP contribution in [-0.4, -0.2) is 31.7 Å². The number of hydrogen-bond acceptors (Lipinski definition) is 6. The molecule has 26 heavy (non-hydrogen) atoms. The monoisotopic (exact) mass is 346 g/mol. The van der Waals surface area contributed by atoms with E-state index in [0.29, 0.717) is 6.54 Å². The van der Waals surface area contributed by atoms with Gasteiger partial charge in [-0.1, -0.05) is 6.07 Å². The van der Waals surface area contributed by atoms with Gasteiger partial charge in [0.15, 0.2) is 5.65 Å². The number of nitrogens with one attached hydrogen (secondary N) is 1. The number of hydrogen-bond donors (Lipinski definition) is 1. The fraction of sp³-hybridized carbons (Fsp3) is 0.158. The van der Waals surface area contributed by atoms with E-state index in [-0.39, 0.29) is 0 Å². The summed E-state index contributed by atoms with van der Waals surface area (Å²) < 4.78 is 7.30. The van der Waals surface area contributed by atoms with E-state index in [1.54, 1.807) is 32.0 Å². The third-order valence-electron chi connectivity index (χ3n) is 4.30. The Hall–Kier alpha value is -3.48. The summed E-state index contributed by atoms with van der Waals surface area (Å²) in [5.41, 5.74) is 4.82. The molecule has 0 saturated heterocycles. The fourth-order valence-corrected chi connectivity index (χ4v) is 2.96. The number of rotatable bonds is 5. The van der Waals surface area contributed by atoms with Crippen molar-refractivity contribution in [3.05, 3.63) is 66.5 Å². The van der Waals surface area contributed by atoms with Gasteiger partial charge in [-0.2, -0.15) is 0 Å². The van der Waals surface area contributed by atoms with E-state index in [1.165, 1.54) is 0 Å². The molecule has 7 nitrogen and oxygen atoms in total. The molecule has 0 fully saturated rings. The SMILES string of the molecule is COc1cnccc1CNc1ccc(-c2cccnc2C)c2nncn12. The van der Waals surface area contributed by atoms with Gasteiger partial charge in [0.05, 0.1) is 13.3 Å². The first-order valence-corrected chi connectivity index (χ1v) is 8.23. The summed E-state index contributed by atoms with van der Waals surface area (Å²) in [7, 11) is 1.64. The lowest BCUT2D eigenvalue weighted by Crippen LogP contribution is -2.06. The molecule has 0 atom stereocenters. The molecule has 4 heterocycles. The Balaban J connectivity index is 1.69. The number of nitrogens with zero attached hydrogens (tertiary/aromatic N) is 5.